The van der Waals surface area contributed by atoms with E-state index in [1.165, 1.54) is 0 Å². The van der Waals surface area contributed by atoms with Gasteiger partial charge < -0.3 is 15.2 Å². The number of aliphatic hydroxyl groups excluding tert-OH is 1. The van der Waals surface area contributed by atoms with E-state index in [4.69, 9.17) is 4.74 Å². The second-order valence-corrected chi connectivity index (χ2v) is 7.63. The van der Waals surface area contributed by atoms with E-state index in [1.807, 2.05) is 32.9 Å². The first-order valence-corrected chi connectivity index (χ1v) is 8.62. The van der Waals surface area contributed by atoms with Gasteiger partial charge in [0.2, 0.25) is 5.12 Å². The quantitative estimate of drug-likeness (QED) is 0.731. The number of alkyl carbamates (subject to hydrolysis) is 1. The van der Waals surface area contributed by atoms with Crippen molar-refractivity contribution in [3.8, 4) is 0 Å². The Balaban J connectivity index is 2.01. The van der Waals surface area contributed by atoms with E-state index < -0.39 is 17.8 Å². The molecular weight excluding hydrogens is 326 g/mol. The molecule has 0 radical (unpaired) electrons. The molecule has 0 aromatic heterocycles. The monoisotopic (exact) mass is 351 g/mol. The Morgan fingerprint density at radius 1 is 1.25 bits per heavy atom. The van der Waals surface area contributed by atoms with Crippen LogP contribution < -0.4 is 5.32 Å². The Morgan fingerprint density at radius 2 is 1.92 bits per heavy atom. The van der Waals surface area contributed by atoms with Gasteiger partial charge in [0.1, 0.15) is 5.60 Å². The molecule has 0 bridgehead atoms. The Hall–Kier alpha value is -1.53. The highest BCUT2D eigenvalue weighted by molar-refractivity contribution is 7.97. The summed E-state index contributed by atoms with van der Waals surface area (Å²) in [7, 11) is 0. The Kier molecular flexibility index (Phi) is 5.93. The van der Waals surface area contributed by atoms with Gasteiger partial charge in [-0.3, -0.25) is 4.79 Å². The van der Waals surface area contributed by atoms with Gasteiger partial charge in [0.25, 0.3) is 0 Å². The van der Waals surface area contributed by atoms with Crippen molar-refractivity contribution in [1.82, 2.24) is 5.32 Å². The molecular formula is C18H25NO4S. The summed E-state index contributed by atoms with van der Waals surface area (Å²) in [5.41, 5.74) is 0.801. The zero-order valence-electron chi connectivity index (χ0n) is 14.3. The summed E-state index contributed by atoms with van der Waals surface area (Å²) in [6.07, 6.45) is 0.728. The molecule has 1 aromatic carbocycles. The Morgan fingerprint density at radius 3 is 2.50 bits per heavy atom. The van der Waals surface area contributed by atoms with E-state index in [0.29, 0.717) is 18.4 Å². The maximum atomic E-state index is 11.9. The first kappa shape index (κ1) is 18.8. The molecule has 1 aliphatic carbocycles. The summed E-state index contributed by atoms with van der Waals surface area (Å²) < 4.78 is 5.25. The number of ether oxygens (including phenoxy) is 1. The third-order valence-corrected chi connectivity index (χ3v) is 4.37. The minimum atomic E-state index is -0.632. The predicted molar refractivity (Wildman–Crippen MR) is 95.5 cm³/mol. The number of rotatable bonds is 3. The van der Waals surface area contributed by atoms with E-state index in [-0.39, 0.29) is 17.1 Å². The number of carbonyl (C=O) groups is 2. The van der Waals surface area contributed by atoms with Crippen LogP contribution in [-0.4, -0.2) is 34.1 Å². The molecule has 0 saturated heterocycles. The number of hydrogen-bond acceptors (Lipinski definition) is 4. The largest absolute Gasteiger partial charge is 0.444 e. The van der Waals surface area contributed by atoms with E-state index in [0.717, 1.165) is 12.0 Å². The summed E-state index contributed by atoms with van der Waals surface area (Å²) in [5.74, 6) is -0.131. The number of carbonyl (C=O) groups excluding carboxylic acids is 2. The molecule has 0 aliphatic heterocycles. The van der Waals surface area contributed by atoms with Crippen LogP contribution in [0.2, 0.25) is 0 Å². The van der Waals surface area contributed by atoms with Gasteiger partial charge in [-0.2, -0.15) is 0 Å². The molecule has 1 amide bonds. The molecule has 132 valence electrons. The van der Waals surface area contributed by atoms with E-state index in [1.54, 1.807) is 12.1 Å². The lowest BCUT2D eigenvalue weighted by Crippen LogP contribution is -2.44. The molecule has 24 heavy (non-hydrogen) atoms. The van der Waals surface area contributed by atoms with Crippen LogP contribution in [0.4, 0.5) is 4.79 Å². The highest BCUT2D eigenvalue weighted by atomic mass is 32.1. The SMILES string of the molecule is CC(C)(C)OC(=O)N[C@H]1CCC(c2ccccc2C(=O)S)[C@@H](O)C1. The standard InChI is InChI=1S/C18H25NO4S/c1-18(2,3)23-17(22)19-11-8-9-13(15(20)10-11)12-6-4-5-7-14(12)16(21)24/h4-7,11,13,15,20H,8-10H2,1-3H3,(H,19,22)(H,21,24)/t11-,13?,15-/m0/s1. The average Bonchev–Trinajstić information content (AvgIpc) is 2.45. The van der Waals surface area contributed by atoms with Gasteiger partial charge in [-0.25, -0.2) is 4.79 Å². The summed E-state index contributed by atoms with van der Waals surface area (Å²) in [6, 6.07) is 7.09. The van der Waals surface area contributed by atoms with Crippen LogP contribution in [0.3, 0.4) is 0 Å². The smallest absolute Gasteiger partial charge is 0.407 e. The maximum absolute atomic E-state index is 11.9. The summed E-state index contributed by atoms with van der Waals surface area (Å²) >= 11 is 3.91. The fourth-order valence-electron chi connectivity index (χ4n) is 3.13. The van der Waals surface area contributed by atoms with E-state index >= 15 is 0 Å². The molecule has 2 rings (SSSR count). The molecule has 1 saturated carbocycles. The molecule has 5 nitrogen and oxygen atoms in total. The van der Waals surface area contributed by atoms with Gasteiger partial charge in [0, 0.05) is 17.5 Å². The van der Waals surface area contributed by atoms with Gasteiger partial charge in [-0.1, -0.05) is 24.3 Å². The second-order valence-electron chi connectivity index (χ2n) is 7.22. The highest BCUT2D eigenvalue weighted by Crippen LogP contribution is 2.35. The normalized spacial score (nSPS) is 24.3. The molecule has 3 atom stereocenters. The van der Waals surface area contributed by atoms with Gasteiger partial charge in [-0.15, -0.1) is 12.6 Å². The zero-order chi connectivity index (χ0) is 17.9. The lowest BCUT2D eigenvalue weighted by molar-refractivity contribution is 0.0426. The molecule has 1 aromatic rings. The third kappa shape index (κ3) is 4.98. The number of thiol groups is 1. The van der Waals surface area contributed by atoms with Crippen molar-refractivity contribution in [3.05, 3.63) is 35.4 Å². The second kappa shape index (κ2) is 7.57. The highest BCUT2D eigenvalue weighted by Gasteiger charge is 2.33. The molecule has 0 heterocycles. The van der Waals surface area contributed by atoms with Crippen LogP contribution in [0.25, 0.3) is 0 Å². The maximum Gasteiger partial charge on any atom is 0.407 e. The topological polar surface area (TPSA) is 75.6 Å². The average molecular weight is 351 g/mol. The lowest BCUT2D eigenvalue weighted by Gasteiger charge is -2.34. The van der Waals surface area contributed by atoms with Crippen molar-refractivity contribution in [3.63, 3.8) is 0 Å². The third-order valence-electron chi connectivity index (χ3n) is 4.13. The van der Waals surface area contributed by atoms with Gasteiger partial charge in [0.15, 0.2) is 0 Å². The van der Waals surface area contributed by atoms with Crippen molar-refractivity contribution in [2.45, 2.75) is 63.7 Å². The molecule has 2 N–H and O–H groups in total. The van der Waals surface area contributed by atoms with Crippen LogP contribution >= 0.6 is 12.6 Å². The zero-order valence-corrected chi connectivity index (χ0v) is 15.2. The van der Waals surface area contributed by atoms with Gasteiger partial charge in [-0.05, 0) is 45.6 Å². The minimum absolute atomic E-state index is 0.131. The molecule has 1 fully saturated rings. The van der Waals surface area contributed by atoms with Crippen LogP contribution in [0.1, 0.15) is 61.9 Å². The Bertz CT molecular complexity index is 611. The number of hydrogen-bond donors (Lipinski definition) is 3. The summed E-state index contributed by atoms with van der Waals surface area (Å²) in [6.45, 7) is 5.43. The van der Waals surface area contributed by atoms with Crippen LogP contribution in [0, 0.1) is 0 Å². The Labute approximate surface area is 148 Å². The first-order chi connectivity index (χ1) is 11.2. The molecule has 0 spiro atoms. The lowest BCUT2D eigenvalue weighted by atomic mass is 9.78. The molecule has 1 unspecified atom stereocenters. The fourth-order valence-corrected chi connectivity index (χ4v) is 3.33. The predicted octanol–water partition coefficient (Wildman–Crippen LogP) is 3.28. The van der Waals surface area contributed by atoms with Crippen molar-refractivity contribution < 1.29 is 19.4 Å². The van der Waals surface area contributed by atoms with E-state index in [9.17, 15) is 14.7 Å². The van der Waals surface area contributed by atoms with Crippen molar-refractivity contribution in [1.29, 1.82) is 0 Å². The van der Waals surface area contributed by atoms with Crippen LogP contribution in [0.5, 0.6) is 0 Å². The minimum Gasteiger partial charge on any atom is -0.444 e. The van der Waals surface area contributed by atoms with Crippen molar-refractivity contribution >= 4 is 23.8 Å². The number of amides is 1. The van der Waals surface area contributed by atoms with Crippen LogP contribution in [-0.2, 0) is 4.74 Å². The number of nitrogens with one attached hydrogen (secondary N) is 1. The van der Waals surface area contributed by atoms with Crippen LogP contribution in [0.15, 0.2) is 24.3 Å². The number of aliphatic hydroxyl groups is 1. The molecule has 6 heteroatoms. The van der Waals surface area contributed by atoms with Crippen molar-refractivity contribution in [2.24, 2.45) is 0 Å². The van der Waals surface area contributed by atoms with Gasteiger partial charge in [0.05, 0.1) is 6.10 Å². The molecule has 1 aliphatic rings. The summed E-state index contributed by atoms with van der Waals surface area (Å²) in [4.78, 5) is 23.5. The first-order valence-electron chi connectivity index (χ1n) is 8.17. The summed E-state index contributed by atoms with van der Waals surface area (Å²) in [5, 5.41) is 13.0. The van der Waals surface area contributed by atoms with Crippen molar-refractivity contribution in [2.75, 3.05) is 0 Å². The number of benzene rings is 1. The van der Waals surface area contributed by atoms with E-state index in [2.05, 4.69) is 17.9 Å². The fraction of sp³-hybridized carbons (Fsp3) is 0.556. The van der Waals surface area contributed by atoms with Gasteiger partial charge >= 0.3 is 6.09 Å².